The SMILES string of the molecule is Cc1cccc(NC(=O)C(C)N2CCCC(CS(N)(=O)=O)C2)c1. The van der Waals surface area contributed by atoms with Gasteiger partial charge in [0.2, 0.25) is 15.9 Å². The van der Waals surface area contributed by atoms with E-state index in [9.17, 15) is 13.2 Å². The average Bonchev–Trinajstić information content (AvgIpc) is 2.45. The maximum atomic E-state index is 12.4. The van der Waals surface area contributed by atoms with Crippen LogP contribution in [-0.2, 0) is 14.8 Å². The zero-order valence-corrected chi connectivity index (χ0v) is 14.5. The number of benzene rings is 1. The predicted octanol–water partition coefficient (Wildman–Crippen LogP) is 1.32. The molecule has 0 aromatic heterocycles. The summed E-state index contributed by atoms with van der Waals surface area (Å²) in [5.41, 5.74) is 1.86. The second kappa shape index (κ2) is 7.42. The summed E-state index contributed by atoms with van der Waals surface area (Å²) in [6.07, 6.45) is 1.71. The van der Waals surface area contributed by atoms with E-state index in [4.69, 9.17) is 5.14 Å². The molecule has 3 N–H and O–H groups in total. The van der Waals surface area contributed by atoms with Gasteiger partial charge in [-0.05, 0) is 56.8 Å². The molecule has 128 valence electrons. The molecule has 0 saturated carbocycles. The zero-order chi connectivity index (χ0) is 17.0. The van der Waals surface area contributed by atoms with Crippen LogP contribution in [0.2, 0.25) is 0 Å². The summed E-state index contributed by atoms with van der Waals surface area (Å²) >= 11 is 0. The molecule has 1 aliphatic heterocycles. The molecule has 0 bridgehead atoms. The van der Waals surface area contributed by atoms with Crippen LogP contribution in [0, 0.1) is 12.8 Å². The first-order chi connectivity index (χ1) is 10.7. The fourth-order valence-electron chi connectivity index (χ4n) is 3.05. The monoisotopic (exact) mass is 339 g/mol. The Labute approximate surface area is 138 Å². The van der Waals surface area contributed by atoms with Crippen molar-refractivity contribution in [2.75, 3.05) is 24.2 Å². The van der Waals surface area contributed by atoms with Gasteiger partial charge in [-0.3, -0.25) is 9.69 Å². The number of hydrogen-bond acceptors (Lipinski definition) is 4. The van der Waals surface area contributed by atoms with Crippen molar-refractivity contribution in [2.24, 2.45) is 11.1 Å². The van der Waals surface area contributed by atoms with Gasteiger partial charge in [-0.15, -0.1) is 0 Å². The number of rotatable bonds is 5. The maximum Gasteiger partial charge on any atom is 0.241 e. The molecule has 0 aliphatic carbocycles. The molecule has 2 unspecified atom stereocenters. The number of primary sulfonamides is 1. The number of anilines is 1. The van der Waals surface area contributed by atoms with Gasteiger partial charge in [0.05, 0.1) is 11.8 Å². The van der Waals surface area contributed by atoms with Crippen molar-refractivity contribution in [3.63, 3.8) is 0 Å². The van der Waals surface area contributed by atoms with Gasteiger partial charge in [0.25, 0.3) is 0 Å². The third-order valence-corrected chi connectivity index (χ3v) is 5.17. The van der Waals surface area contributed by atoms with Gasteiger partial charge >= 0.3 is 0 Å². The summed E-state index contributed by atoms with van der Waals surface area (Å²) in [6.45, 7) is 5.20. The molecule has 7 heteroatoms. The van der Waals surface area contributed by atoms with Crippen LogP contribution in [0.5, 0.6) is 0 Å². The molecule has 23 heavy (non-hydrogen) atoms. The standard InChI is InChI=1S/C16H25N3O3S/c1-12-5-3-7-15(9-12)18-16(20)13(2)19-8-4-6-14(10-19)11-23(17,21)22/h3,5,7,9,13-14H,4,6,8,10-11H2,1-2H3,(H,18,20)(H2,17,21,22). The number of hydrogen-bond donors (Lipinski definition) is 2. The molecular weight excluding hydrogens is 314 g/mol. The maximum absolute atomic E-state index is 12.4. The highest BCUT2D eigenvalue weighted by molar-refractivity contribution is 7.89. The predicted molar refractivity (Wildman–Crippen MR) is 91.5 cm³/mol. The topological polar surface area (TPSA) is 92.5 Å². The Morgan fingerprint density at radius 2 is 2.22 bits per heavy atom. The van der Waals surface area contributed by atoms with Crippen molar-refractivity contribution < 1.29 is 13.2 Å². The molecule has 2 rings (SSSR count). The molecule has 1 aromatic carbocycles. The van der Waals surface area contributed by atoms with Gasteiger partial charge in [0.15, 0.2) is 0 Å². The van der Waals surface area contributed by atoms with Gasteiger partial charge in [0.1, 0.15) is 0 Å². The second-order valence-electron chi connectivity index (χ2n) is 6.37. The molecule has 2 atom stereocenters. The van der Waals surface area contributed by atoms with Crippen LogP contribution in [-0.4, -0.2) is 44.1 Å². The zero-order valence-electron chi connectivity index (χ0n) is 13.7. The Bertz CT molecular complexity index is 660. The minimum Gasteiger partial charge on any atom is -0.325 e. The lowest BCUT2D eigenvalue weighted by molar-refractivity contribution is -0.121. The smallest absolute Gasteiger partial charge is 0.241 e. The molecule has 1 amide bonds. The fourth-order valence-corrected chi connectivity index (χ4v) is 3.98. The highest BCUT2D eigenvalue weighted by Crippen LogP contribution is 2.20. The number of likely N-dealkylation sites (tertiary alicyclic amines) is 1. The first kappa shape index (κ1) is 17.9. The van der Waals surface area contributed by atoms with E-state index in [1.807, 2.05) is 43.0 Å². The normalized spacial score (nSPS) is 20.9. The number of sulfonamides is 1. The molecule has 1 saturated heterocycles. The van der Waals surface area contributed by atoms with Crippen LogP contribution in [0.3, 0.4) is 0 Å². The van der Waals surface area contributed by atoms with E-state index in [2.05, 4.69) is 5.32 Å². The van der Waals surface area contributed by atoms with Crippen molar-refractivity contribution in [3.05, 3.63) is 29.8 Å². The largest absolute Gasteiger partial charge is 0.325 e. The first-order valence-corrected chi connectivity index (χ1v) is 9.58. The summed E-state index contributed by atoms with van der Waals surface area (Å²) in [5, 5.41) is 8.06. The summed E-state index contributed by atoms with van der Waals surface area (Å²) in [5.74, 6) is -0.102. The number of aryl methyl sites for hydroxylation is 1. The van der Waals surface area contributed by atoms with E-state index in [-0.39, 0.29) is 23.6 Å². The Kier molecular flexibility index (Phi) is 5.78. The van der Waals surface area contributed by atoms with Crippen LogP contribution in [0.1, 0.15) is 25.3 Å². The minimum atomic E-state index is -3.47. The lowest BCUT2D eigenvalue weighted by Crippen LogP contribution is -2.48. The van der Waals surface area contributed by atoms with Crippen molar-refractivity contribution >= 4 is 21.6 Å². The van der Waals surface area contributed by atoms with Crippen molar-refractivity contribution in [1.82, 2.24) is 4.90 Å². The second-order valence-corrected chi connectivity index (χ2v) is 8.03. The van der Waals surface area contributed by atoms with Crippen LogP contribution in [0.4, 0.5) is 5.69 Å². The van der Waals surface area contributed by atoms with E-state index in [0.29, 0.717) is 6.54 Å². The molecule has 1 aromatic rings. The number of nitrogens with two attached hydrogens (primary N) is 1. The molecule has 0 spiro atoms. The Hall–Kier alpha value is -1.44. The van der Waals surface area contributed by atoms with Gasteiger partial charge < -0.3 is 5.32 Å². The number of nitrogens with one attached hydrogen (secondary N) is 1. The fraction of sp³-hybridized carbons (Fsp3) is 0.562. The first-order valence-electron chi connectivity index (χ1n) is 7.86. The Morgan fingerprint density at radius 1 is 1.48 bits per heavy atom. The minimum absolute atomic E-state index is 0.00651. The van der Waals surface area contributed by atoms with E-state index in [1.54, 1.807) is 0 Å². The van der Waals surface area contributed by atoms with E-state index >= 15 is 0 Å². The van der Waals surface area contributed by atoms with Crippen molar-refractivity contribution in [3.8, 4) is 0 Å². The summed E-state index contributed by atoms with van der Waals surface area (Å²) in [4.78, 5) is 14.5. The lowest BCUT2D eigenvalue weighted by Gasteiger charge is -2.35. The molecule has 6 nitrogen and oxygen atoms in total. The highest BCUT2D eigenvalue weighted by Gasteiger charge is 2.29. The molecular formula is C16H25N3O3S. The number of nitrogens with zero attached hydrogens (tertiary/aromatic N) is 1. The van der Waals surface area contributed by atoms with Crippen molar-refractivity contribution in [1.29, 1.82) is 0 Å². The third kappa shape index (κ3) is 5.60. The average molecular weight is 339 g/mol. The van der Waals surface area contributed by atoms with Crippen LogP contribution < -0.4 is 10.5 Å². The van der Waals surface area contributed by atoms with Gasteiger partial charge in [-0.25, -0.2) is 13.6 Å². The molecule has 0 radical (unpaired) electrons. The number of piperidine rings is 1. The van der Waals surface area contributed by atoms with E-state index in [1.165, 1.54) is 0 Å². The number of carbonyl (C=O) groups excluding carboxylic acids is 1. The van der Waals surface area contributed by atoms with Gasteiger partial charge in [-0.1, -0.05) is 12.1 Å². The summed E-state index contributed by atoms with van der Waals surface area (Å²) in [6, 6.07) is 7.35. The Morgan fingerprint density at radius 3 is 2.87 bits per heavy atom. The van der Waals surface area contributed by atoms with Crippen LogP contribution in [0.15, 0.2) is 24.3 Å². The van der Waals surface area contributed by atoms with Crippen LogP contribution in [0.25, 0.3) is 0 Å². The molecule has 1 aliphatic rings. The number of amides is 1. The van der Waals surface area contributed by atoms with Gasteiger partial charge in [-0.2, -0.15) is 0 Å². The van der Waals surface area contributed by atoms with Crippen molar-refractivity contribution in [2.45, 2.75) is 32.7 Å². The highest BCUT2D eigenvalue weighted by atomic mass is 32.2. The third-order valence-electron chi connectivity index (χ3n) is 4.23. The van der Waals surface area contributed by atoms with Gasteiger partial charge in [0, 0.05) is 12.2 Å². The number of carbonyl (C=O) groups is 1. The summed E-state index contributed by atoms with van der Waals surface area (Å²) < 4.78 is 22.5. The quantitative estimate of drug-likeness (QED) is 0.846. The van der Waals surface area contributed by atoms with E-state index in [0.717, 1.165) is 30.6 Å². The summed E-state index contributed by atoms with van der Waals surface area (Å²) in [7, 11) is -3.47. The van der Waals surface area contributed by atoms with E-state index < -0.39 is 10.0 Å². The lowest BCUT2D eigenvalue weighted by atomic mass is 9.98. The Balaban J connectivity index is 1.96. The molecule has 1 fully saturated rings. The molecule has 1 heterocycles. The van der Waals surface area contributed by atoms with Crippen LogP contribution >= 0.6 is 0 Å².